The van der Waals surface area contributed by atoms with E-state index in [4.69, 9.17) is 16.3 Å². The van der Waals surface area contributed by atoms with Gasteiger partial charge in [0.2, 0.25) is 0 Å². The summed E-state index contributed by atoms with van der Waals surface area (Å²) in [4.78, 5) is 35.6. The number of nitrogens with one attached hydrogen (secondary N) is 2. The molecule has 7 heteroatoms. The minimum absolute atomic E-state index is 0.0635. The molecule has 0 saturated heterocycles. The monoisotopic (exact) mass is 354 g/mol. The second-order valence-corrected chi connectivity index (χ2v) is 5.77. The Kier molecular flexibility index (Phi) is 8.26. The smallest absolute Gasteiger partial charge is 0.328 e. The Morgan fingerprint density at radius 2 is 1.75 bits per heavy atom. The largest absolute Gasteiger partial charge is 0.454 e. The Labute approximate surface area is 146 Å². The molecule has 0 aromatic heterocycles. The summed E-state index contributed by atoms with van der Waals surface area (Å²) < 4.78 is 4.92. The number of benzene rings is 1. The highest BCUT2D eigenvalue weighted by atomic mass is 35.5. The number of rotatable bonds is 8. The summed E-state index contributed by atoms with van der Waals surface area (Å²) in [6, 6.07) is 5.69. The Morgan fingerprint density at radius 1 is 1.12 bits per heavy atom. The summed E-state index contributed by atoms with van der Waals surface area (Å²) >= 11 is 5.93. The third-order valence-electron chi connectivity index (χ3n) is 3.52. The molecular formula is C17H23ClN2O4. The SMILES string of the molecule is CCC(CC)NC(=O)COC(=O)[C@H](C)NC(=O)c1ccccc1Cl. The van der Waals surface area contributed by atoms with Gasteiger partial charge in [-0.1, -0.05) is 37.6 Å². The minimum atomic E-state index is -0.894. The van der Waals surface area contributed by atoms with Crippen LogP contribution in [0.5, 0.6) is 0 Å². The first kappa shape index (κ1) is 20.0. The number of ether oxygens (including phenoxy) is 1. The van der Waals surface area contributed by atoms with Gasteiger partial charge >= 0.3 is 5.97 Å². The Bertz CT molecular complexity index is 588. The van der Waals surface area contributed by atoms with Gasteiger partial charge in [0, 0.05) is 6.04 Å². The average Bonchev–Trinajstić information content (AvgIpc) is 2.57. The van der Waals surface area contributed by atoms with E-state index in [9.17, 15) is 14.4 Å². The van der Waals surface area contributed by atoms with E-state index in [1.54, 1.807) is 24.3 Å². The predicted octanol–water partition coefficient (Wildman–Crippen LogP) is 2.31. The zero-order valence-corrected chi connectivity index (χ0v) is 14.9. The maximum atomic E-state index is 12.1. The molecule has 0 saturated carbocycles. The van der Waals surface area contributed by atoms with Gasteiger partial charge in [0.25, 0.3) is 11.8 Å². The highest BCUT2D eigenvalue weighted by molar-refractivity contribution is 6.33. The number of carbonyl (C=O) groups is 3. The number of halogens is 1. The quantitative estimate of drug-likeness (QED) is 0.701. The predicted molar refractivity (Wildman–Crippen MR) is 91.9 cm³/mol. The lowest BCUT2D eigenvalue weighted by Gasteiger charge is -2.16. The van der Waals surface area contributed by atoms with Crippen LogP contribution in [0.4, 0.5) is 0 Å². The minimum Gasteiger partial charge on any atom is -0.454 e. The van der Waals surface area contributed by atoms with E-state index in [1.165, 1.54) is 6.92 Å². The first-order chi connectivity index (χ1) is 11.4. The van der Waals surface area contributed by atoms with Crippen LogP contribution >= 0.6 is 11.6 Å². The van der Waals surface area contributed by atoms with Gasteiger partial charge in [-0.25, -0.2) is 4.79 Å². The Balaban J connectivity index is 2.46. The van der Waals surface area contributed by atoms with Crippen LogP contribution in [-0.2, 0) is 14.3 Å². The van der Waals surface area contributed by atoms with E-state index in [1.807, 2.05) is 13.8 Å². The van der Waals surface area contributed by atoms with Gasteiger partial charge in [0.05, 0.1) is 10.6 Å². The average molecular weight is 355 g/mol. The zero-order valence-electron chi connectivity index (χ0n) is 14.1. The number of hydrogen-bond donors (Lipinski definition) is 2. The molecule has 0 radical (unpaired) electrons. The van der Waals surface area contributed by atoms with E-state index in [0.29, 0.717) is 5.02 Å². The summed E-state index contributed by atoms with van der Waals surface area (Å²) in [7, 11) is 0. The van der Waals surface area contributed by atoms with Crippen molar-refractivity contribution in [1.29, 1.82) is 0 Å². The second-order valence-electron chi connectivity index (χ2n) is 5.36. The summed E-state index contributed by atoms with van der Waals surface area (Å²) in [6.45, 7) is 5.04. The van der Waals surface area contributed by atoms with Crippen molar-refractivity contribution in [3.8, 4) is 0 Å². The van der Waals surface area contributed by atoms with E-state index >= 15 is 0 Å². The van der Waals surface area contributed by atoms with Gasteiger partial charge in [-0.05, 0) is 31.9 Å². The molecule has 0 aliphatic heterocycles. The standard InChI is InChI=1S/C17H23ClN2O4/c1-4-12(5-2)20-15(21)10-24-17(23)11(3)19-16(22)13-8-6-7-9-14(13)18/h6-9,11-12H,4-5,10H2,1-3H3,(H,19,22)(H,20,21)/t11-/m0/s1. The summed E-state index contributed by atoms with van der Waals surface area (Å²) in [5.74, 6) is -1.52. The lowest BCUT2D eigenvalue weighted by atomic mass is 10.2. The molecule has 1 atom stereocenters. The number of carbonyl (C=O) groups excluding carboxylic acids is 3. The molecule has 2 amide bonds. The van der Waals surface area contributed by atoms with Gasteiger partial charge in [-0.3, -0.25) is 9.59 Å². The first-order valence-corrected chi connectivity index (χ1v) is 8.28. The normalized spacial score (nSPS) is 11.7. The number of hydrogen-bond acceptors (Lipinski definition) is 4. The summed E-state index contributed by atoms with van der Waals surface area (Å²) in [6.07, 6.45) is 1.61. The number of esters is 1. The van der Waals surface area contributed by atoms with Gasteiger partial charge in [-0.2, -0.15) is 0 Å². The van der Waals surface area contributed by atoms with Gasteiger partial charge in [-0.15, -0.1) is 0 Å². The van der Waals surface area contributed by atoms with Gasteiger partial charge in [0.1, 0.15) is 6.04 Å². The molecule has 24 heavy (non-hydrogen) atoms. The van der Waals surface area contributed by atoms with E-state index in [2.05, 4.69) is 10.6 Å². The Morgan fingerprint density at radius 3 is 2.33 bits per heavy atom. The third-order valence-corrected chi connectivity index (χ3v) is 3.85. The van der Waals surface area contributed by atoms with Crippen LogP contribution in [0, 0.1) is 0 Å². The fourth-order valence-electron chi connectivity index (χ4n) is 2.00. The summed E-state index contributed by atoms with van der Waals surface area (Å²) in [5, 5.41) is 5.55. The van der Waals surface area contributed by atoms with Crippen molar-refractivity contribution in [3.63, 3.8) is 0 Å². The number of amides is 2. The van der Waals surface area contributed by atoms with Crippen molar-refractivity contribution in [2.75, 3.05) is 6.61 Å². The van der Waals surface area contributed by atoms with Crippen LogP contribution < -0.4 is 10.6 Å². The van der Waals surface area contributed by atoms with Crippen molar-refractivity contribution < 1.29 is 19.1 Å². The molecule has 0 heterocycles. The lowest BCUT2D eigenvalue weighted by Crippen LogP contribution is -2.42. The van der Waals surface area contributed by atoms with Crippen molar-refractivity contribution in [2.45, 2.75) is 45.7 Å². The third kappa shape index (κ3) is 6.20. The fraction of sp³-hybridized carbons (Fsp3) is 0.471. The lowest BCUT2D eigenvalue weighted by molar-refractivity contribution is -0.150. The molecule has 0 spiro atoms. The Hall–Kier alpha value is -2.08. The molecule has 0 fully saturated rings. The highest BCUT2D eigenvalue weighted by Crippen LogP contribution is 2.14. The summed E-state index contributed by atoms with van der Waals surface area (Å²) in [5.41, 5.74) is 0.269. The maximum absolute atomic E-state index is 12.1. The molecule has 0 aliphatic rings. The maximum Gasteiger partial charge on any atom is 0.328 e. The molecule has 0 aliphatic carbocycles. The highest BCUT2D eigenvalue weighted by Gasteiger charge is 2.20. The van der Waals surface area contributed by atoms with Crippen molar-refractivity contribution >= 4 is 29.4 Å². The van der Waals surface area contributed by atoms with Gasteiger partial charge < -0.3 is 15.4 Å². The van der Waals surface area contributed by atoms with Crippen LogP contribution in [0.15, 0.2) is 24.3 Å². The van der Waals surface area contributed by atoms with Crippen LogP contribution in [0.2, 0.25) is 5.02 Å². The molecule has 6 nitrogen and oxygen atoms in total. The van der Waals surface area contributed by atoms with Crippen molar-refractivity contribution in [3.05, 3.63) is 34.9 Å². The first-order valence-electron chi connectivity index (χ1n) is 7.90. The van der Waals surface area contributed by atoms with Crippen molar-refractivity contribution in [1.82, 2.24) is 10.6 Å². The molecule has 2 N–H and O–H groups in total. The molecule has 1 rings (SSSR count). The van der Waals surface area contributed by atoms with Crippen LogP contribution in [0.25, 0.3) is 0 Å². The van der Waals surface area contributed by atoms with Gasteiger partial charge in [0.15, 0.2) is 6.61 Å². The topological polar surface area (TPSA) is 84.5 Å². The van der Waals surface area contributed by atoms with Crippen LogP contribution in [0.3, 0.4) is 0 Å². The van der Waals surface area contributed by atoms with Crippen LogP contribution in [0.1, 0.15) is 44.0 Å². The molecule has 132 valence electrons. The molecule has 0 unspecified atom stereocenters. The van der Waals surface area contributed by atoms with E-state index in [-0.39, 0.29) is 24.1 Å². The molecule has 1 aromatic carbocycles. The molecule has 0 bridgehead atoms. The molecule has 1 aromatic rings. The second kappa shape index (κ2) is 9.93. The fourth-order valence-corrected chi connectivity index (χ4v) is 2.22. The molecular weight excluding hydrogens is 332 g/mol. The zero-order chi connectivity index (χ0) is 18.1. The van der Waals surface area contributed by atoms with E-state index in [0.717, 1.165) is 12.8 Å². The van der Waals surface area contributed by atoms with E-state index < -0.39 is 17.9 Å². The van der Waals surface area contributed by atoms with Crippen molar-refractivity contribution in [2.24, 2.45) is 0 Å². The van der Waals surface area contributed by atoms with Crippen LogP contribution in [-0.4, -0.2) is 36.5 Å².